The van der Waals surface area contributed by atoms with Crippen LogP contribution in [0, 0.1) is 6.92 Å². The van der Waals surface area contributed by atoms with E-state index in [9.17, 15) is 4.79 Å². The third kappa shape index (κ3) is 5.67. The molecule has 0 saturated carbocycles. The topological polar surface area (TPSA) is 70.2 Å². The molecule has 0 fully saturated rings. The first-order chi connectivity index (χ1) is 11.0. The molecule has 2 N–H and O–H groups in total. The van der Waals surface area contributed by atoms with Crippen molar-refractivity contribution in [1.82, 2.24) is 15.1 Å². The molecule has 0 aliphatic heterocycles. The normalized spacial score (nSPS) is 10.6. The Morgan fingerprint density at radius 3 is 2.43 bits per heavy atom. The molecule has 122 valence electrons. The molecule has 0 bridgehead atoms. The summed E-state index contributed by atoms with van der Waals surface area (Å²) in [7, 11) is 4.09. The van der Waals surface area contributed by atoms with Crippen molar-refractivity contribution in [3.63, 3.8) is 0 Å². The number of carbonyl (C=O) groups excluding carboxylic acids is 1. The quantitative estimate of drug-likeness (QED) is 0.768. The summed E-state index contributed by atoms with van der Waals surface area (Å²) in [4.78, 5) is 14.2. The van der Waals surface area contributed by atoms with E-state index in [4.69, 9.17) is 0 Å². The third-order valence-electron chi connectivity index (χ3n) is 3.29. The molecule has 1 heterocycles. The molecule has 0 atom stereocenters. The van der Waals surface area contributed by atoms with Gasteiger partial charge in [0.15, 0.2) is 5.69 Å². The maximum Gasteiger partial charge on any atom is 0.276 e. The number of hydrogen-bond donors (Lipinski definition) is 2. The average molecular weight is 313 g/mol. The van der Waals surface area contributed by atoms with Gasteiger partial charge in [0.05, 0.1) is 0 Å². The Kier molecular flexibility index (Phi) is 6.05. The summed E-state index contributed by atoms with van der Waals surface area (Å²) in [5.74, 6) is 0.413. The lowest BCUT2D eigenvalue weighted by molar-refractivity contribution is 0.102. The van der Waals surface area contributed by atoms with Crippen molar-refractivity contribution >= 4 is 17.4 Å². The fraction of sp³-hybridized carbons (Fsp3) is 0.353. The van der Waals surface area contributed by atoms with E-state index in [2.05, 4.69) is 25.7 Å². The fourth-order valence-corrected chi connectivity index (χ4v) is 1.99. The van der Waals surface area contributed by atoms with Crippen LogP contribution in [0.25, 0.3) is 0 Å². The summed E-state index contributed by atoms with van der Waals surface area (Å²) >= 11 is 0. The largest absolute Gasteiger partial charge is 0.369 e. The number of amides is 1. The van der Waals surface area contributed by atoms with Crippen LogP contribution in [0.4, 0.5) is 11.5 Å². The number of benzene rings is 1. The predicted molar refractivity (Wildman–Crippen MR) is 92.8 cm³/mol. The Labute approximate surface area is 136 Å². The van der Waals surface area contributed by atoms with Gasteiger partial charge in [-0.05, 0) is 58.3 Å². The van der Waals surface area contributed by atoms with Gasteiger partial charge in [-0.1, -0.05) is 17.7 Å². The first kappa shape index (κ1) is 16.9. The Balaban J connectivity index is 1.86. The maximum atomic E-state index is 12.1. The minimum atomic E-state index is -0.263. The molecule has 6 heteroatoms. The Morgan fingerprint density at radius 2 is 1.83 bits per heavy atom. The molecule has 0 spiro atoms. The summed E-state index contributed by atoms with van der Waals surface area (Å²) < 4.78 is 0. The SMILES string of the molecule is Cc1ccc(NC(=O)c2ccc(NCCCN(C)C)nn2)cc1. The average Bonchev–Trinajstić information content (AvgIpc) is 2.54. The van der Waals surface area contributed by atoms with Crippen molar-refractivity contribution in [1.29, 1.82) is 0 Å². The van der Waals surface area contributed by atoms with Gasteiger partial charge in [-0.3, -0.25) is 4.79 Å². The number of aryl methyl sites for hydroxylation is 1. The molecule has 0 unspecified atom stereocenters. The highest BCUT2D eigenvalue weighted by atomic mass is 16.1. The van der Waals surface area contributed by atoms with E-state index in [0.29, 0.717) is 11.5 Å². The number of hydrogen-bond acceptors (Lipinski definition) is 5. The smallest absolute Gasteiger partial charge is 0.276 e. The summed E-state index contributed by atoms with van der Waals surface area (Å²) in [5, 5.41) is 14.0. The molecule has 1 amide bonds. The molecule has 1 aromatic heterocycles. The fourth-order valence-electron chi connectivity index (χ4n) is 1.99. The number of rotatable bonds is 7. The van der Waals surface area contributed by atoms with Crippen LogP contribution in [0.15, 0.2) is 36.4 Å². The standard InChI is InChI=1S/C17H23N5O/c1-13-5-7-14(8-6-13)19-17(23)15-9-10-16(21-20-15)18-11-4-12-22(2)3/h5-10H,4,11-12H2,1-3H3,(H,18,21)(H,19,23). The van der Waals surface area contributed by atoms with E-state index in [1.165, 1.54) is 0 Å². The van der Waals surface area contributed by atoms with E-state index < -0.39 is 0 Å². The highest BCUT2D eigenvalue weighted by molar-refractivity contribution is 6.02. The maximum absolute atomic E-state index is 12.1. The van der Waals surface area contributed by atoms with Gasteiger partial charge in [0, 0.05) is 12.2 Å². The zero-order valence-corrected chi connectivity index (χ0v) is 13.8. The van der Waals surface area contributed by atoms with Crippen molar-refractivity contribution in [2.75, 3.05) is 37.8 Å². The molecular weight excluding hydrogens is 290 g/mol. The Hall–Kier alpha value is -2.47. The van der Waals surface area contributed by atoms with Gasteiger partial charge in [0.1, 0.15) is 5.82 Å². The minimum Gasteiger partial charge on any atom is -0.369 e. The highest BCUT2D eigenvalue weighted by Crippen LogP contribution is 2.10. The zero-order valence-electron chi connectivity index (χ0n) is 13.8. The van der Waals surface area contributed by atoms with Gasteiger partial charge >= 0.3 is 0 Å². The van der Waals surface area contributed by atoms with E-state index in [1.807, 2.05) is 45.3 Å². The van der Waals surface area contributed by atoms with Crippen molar-refractivity contribution < 1.29 is 4.79 Å². The van der Waals surface area contributed by atoms with Gasteiger partial charge in [-0.2, -0.15) is 0 Å². The monoisotopic (exact) mass is 313 g/mol. The van der Waals surface area contributed by atoms with Crippen LogP contribution < -0.4 is 10.6 Å². The Morgan fingerprint density at radius 1 is 1.09 bits per heavy atom. The third-order valence-corrected chi connectivity index (χ3v) is 3.29. The number of aromatic nitrogens is 2. The first-order valence-electron chi connectivity index (χ1n) is 7.65. The van der Waals surface area contributed by atoms with Crippen molar-refractivity contribution in [2.45, 2.75) is 13.3 Å². The van der Waals surface area contributed by atoms with Crippen LogP contribution in [0.3, 0.4) is 0 Å². The van der Waals surface area contributed by atoms with Crippen molar-refractivity contribution in [2.24, 2.45) is 0 Å². The number of carbonyl (C=O) groups is 1. The molecule has 2 rings (SSSR count). The second-order valence-electron chi connectivity index (χ2n) is 5.71. The van der Waals surface area contributed by atoms with Crippen LogP contribution in [0.5, 0.6) is 0 Å². The number of nitrogens with one attached hydrogen (secondary N) is 2. The van der Waals surface area contributed by atoms with Gasteiger partial charge in [0.2, 0.25) is 0 Å². The first-order valence-corrected chi connectivity index (χ1v) is 7.65. The van der Waals surface area contributed by atoms with Crippen LogP contribution in [0.1, 0.15) is 22.5 Å². The van der Waals surface area contributed by atoms with Crippen LogP contribution in [-0.4, -0.2) is 48.2 Å². The lowest BCUT2D eigenvalue weighted by atomic mass is 10.2. The minimum absolute atomic E-state index is 0.263. The molecule has 1 aromatic carbocycles. The van der Waals surface area contributed by atoms with E-state index in [0.717, 1.165) is 30.8 Å². The summed E-state index contributed by atoms with van der Waals surface area (Å²) in [6, 6.07) is 11.1. The van der Waals surface area contributed by atoms with Crippen LogP contribution in [0.2, 0.25) is 0 Å². The van der Waals surface area contributed by atoms with E-state index >= 15 is 0 Å². The molecule has 2 aromatic rings. The molecule has 6 nitrogen and oxygen atoms in total. The molecule has 0 aliphatic carbocycles. The van der Waals surface area contributed by atoms with Gasteiger partial charge < -0.3 is 15.5 Å². The predicted octanol–water partition coefficient (Wildman–Crippen LogP) is 2.40. The van der Waals surface area contributed by atoms with E-state index in [1.54, 1.807) is 12.1 Å². The highest BCUT2D eigenvalue weighted by Gasteiger charge is 2.08. The van der Waals surface area contributed by atoms with Gasteiger partial charge in [-0.15, -0.1) is 10.2 Å². The summed E-state index contributed by atoms with van der Waals surface area (Å²) in [5.41, 5.74) is 2.19. The lowest BCUT2D eigenvalue weighted by Gasteiger charge is -2.10. The van der Waals surface area contributed by atoms with Crippen LogP contribution >= 0.6 is 0 Å². The molecule has 23 heavy (non-hydrogen) atoms. The van der Waals surface area contributed by atoms with Crippen molar-refractivity contribution in [3.8, 4) is 0 Å². The molecule has 0 radical (unpaired) electrons. The second-order valence-corrected chi connectivity index (χ2v) is 5.71. The summed E-state index contributed by atoms with van der Waals surface area (Å²) in [6.07, 6.45) is 1.02. The van der Waals surface area contributed by atoms with Gasteiger partial charge in [0.25, 0.3) is 5.91 Å². The van der Waals surface area contributed by atoms with Gasteiger partial charge in [-0.25, -0.2) is 0 Å². The summed E-state index contributed by atoms with van der Waals surface area (Å²) in [6.45, 7) is 3.83. The number of nitrogens with zero attached hydrogens (tertiary/aromatic N) is 3. The Bertz CT molecular complexity index is 622. The number of anilines is 2. The van der Waals surface area contributed by atoms with Crippen molar-refractivity contribution in [3.05, 3.63) is 47.7 Å². The molecule has 0 saturated heterocycles. The second kappa shape index (κ2) is 8.24. The zero-order chi connectivity index (χ0) is 16.7. The van der Waals surface area contributed by atoms with Crippen LogP contribution in [-0.2, 0) is 0 Å². The van der Waals surface area contributed by atoms with E-state index in [-0.39, 0.29) is 5.91 Å². The molecule has 0 aliphatic rings. The lowest BCUT2D eigenvalue weighted by Crippen LogP contribution is -2.17. The molecular formula is C17H23N5O.